The van der Waals surface area contributed by atoms with Gasteiger partial charge in [0.25, 0.3) is 5.69 Å². The van der Waals surface area contributed by atoms with Gasteiger partial charge in [0.15, 0.2) is 5.78 Å². The largest absolute Gasteiger partial charge is 0.294 e. The van der Waals surface area contributed by atoms with E-state index in [0.717, 1.165) is 54.0 Å². The Hall–Kier alpha value is -1.66. The fourth-order valence-corrected chi connectivity index (χ4v) is 5.56. The number of benzene rings is 1. The van der Waals surface area contributed by atoms with Crippen LogP contribution in [0.4, 0.5) is 5.69 Å². The molecule has 25 heavy (non-hydrogen) atoms. The van der Waals surface area contributed by atoms with Crippen molar-refractivity contribution >= 4 is 40.5 Å². The summed E-state index contributed by atoms with van der Waals surface area (Å²) in [7, 11) is 0. The molecule has 1 fully saturated rings. The summed E-state index contributed by atoms with van der Waals surface area (Å²) in [6.07, 6.45) is 4.21. The second-order valence-corrected chi connectivity index (χ2v) is 8.24. The van der Waals surface area contributed by atoms with Crippen LogP contribution in [0.5, 0.6) is 0 Å². The van der Waals surface area contributed by atoms with Gasteiger partial charge in [0.1, 0.15) is 5.02 Å². The maximum atomic E-state index is 12.7. The lowest BCUT2D eigenvalue weighted by Gasteiger charge is -2.38. The molecule has 0 bridgehead atoms. The second-order valence-electron chi connectivity index (χ2n) is 6.58. The van der Waals surface area contributed by atoms with E-state index in [9.17, 15) is 14.9 Å². The number of hydrogen-bond donors (Lipinski definition) is 0. The van der Waals surface area contributed by atoms with Gasteiger partial charge in [-0.3, -0.25) is 19.9 Å². The number of halogens is 1. The van der Waals surface area contributed by atoms with Crippen LogP contribution < -0.4 is 0 Å². The Labute approximate surface area is 154 Å². The Morgan fingerprint density at radius 3 is 2.88 bits per heavy atom. The van der Waals surface area contributed by atoms with Gasteiger partial charge in [0, 0.05) is 35.4 Å². The summed E-state index contributed by atoms with van der Waals surface area (Å²) in [4.78, 5) is 28.3. The molecule has 1 aliphatic carbocycles. The van der Waals surface area contributed by atoms with E-state index in [1.807, 2.05) is 6.07 Å². The van der Waals surface area contributed by atoms with Gasteiger partial charge in [-0.25, -0.2) is 0 Å². The lowest BCUT2D eigenvalue weighted by molar-refractivity contribution is -0.384. The van der Waals surface area contributed by atoms with E-state index in [2.05, 4.69) is 0 Å². The van der Waals surface area contributed by atoms with Crippen LogP contribution >= 0.6 is 23.4 Å². The Balaban J connectivity index is 1.87. The zero-order valence-electron chi connectivity index (χ0n) is 13.5. The highest BCUT2D eigenvalue weighted by molar-refractivity contribution is 8.00. The molecule has 1 aromatic carbocycles. The van der Waals surface area contributed by atoms with Crippen molar-refractivity contribution in [2.75, 3.05) is 5.75 Å². The monoisotopic (exact) mass is 376 g/mol. The van der Waals surface area contributed by atoms with Crippen LogP contribution in [0, 0.1) is 10.1 Å². The number of Topliss-reactive ketones (excluding diaryl/α,β-unsaturated/α-hetero) is 1. The number of thioether (sulfide) groups is 1. The van der Waals surface area contributed by atoms with Crippen LogP contribution in [0.1, 0.15) is 43.6 Å². The molecule has 0 N–H and O–H groups in total. The summed E-state index contributed by atoms with van der Waals surface area (Å²) >= 11 is 7.79. The molecule has 2 atom stereocenters. The number of rotatable bonds is 2. The fraction of sp³-hybridized carbons (Fsp3) is 0.444. The highest BCUT2D eigenvalue weighted by atomic mass is 35.5. The third-order valence-corrected chi connectivity index (χ3v) is 6.80. The number of nitro benzene ring substituents is 1. The van der Waals surface area contributed by atoms with Crippen molar-refractivity contribution in [3.8, 4) is 0 Å². The first-order chi connectivity index (χ1) is 12.1. The topological polar surface area (TPSA) is 72.6 Å². The molecule has 2 aliphatic heterocycles. The SMILES string of the molecule is O=C1CCCC2=C1C(c1ccc(Cl)c([N+](=O)[O-])c1)C1SCCCC1=N2. The van der Waals surface area contributed by atoms with E-state index in [-0.39, 0.29) is 27.7 Å². The lowest BCUT2D eigenvalue weighted by Crippen LogP contribution is -2.36. The molecule has 5 nitrogen and oxygen atoms in total. The lowest BCUT2D eigenvalue weighted by atomic mass is 9.76. The van der Waals surface area contributed by atoms with Gasteiger partial charge in [-0.15, -0.1) is 0 Å². The van der Waals surface area contributed by atoms with Gasteiger partial charge in [0.2, 0.25) is 0 Å². The third-order valence-electron chi connectivity index (χ3n) is 5.05. The van der Waals surface area contributed by atoms with E-state index < -0.39 is 4.92 Å². The van der Waals surface area contributed by atoms with Crippen molar-refractivity contribution in [3.63, 3.8) is 0 Å². The summed E-state index contributed by atoms with van der Waals surface area (Å²) in [5, 5.41) is 11.5. The van der Waals surface area contributed by atoms with Gasteiger partial charge in [-0.05, 0) is 43.1 Å². The Morgan fingerprint density at radius 1 is 1.24 bits per heavy atom. The van der Waals surface area contributed by atoms with E-state index >= 15 is 0 Å². The molecule has 2 unspecified atom stereocenters. The van der Waals surface area contributed by atoms with Crippen LogP contribution in [0.15, 0.2) is 34.5 Å². The molecule has 1 saturated heterocycles. The minimum Gasteiger partial charge on any atom is -0.294 e. The Morgan fingerprint density at radius 2 is 2.08 bits per heavy atom. The number of allylic oxidation sites excluding steroid dienone is 2. The van der Waals surface area contributed by atoms with Crippen molar-refractivity contribution in [1.82, 2.24) is 0 Å². The molecule has 0 amide bonds. The molecule has 0 aromatic heterocycles. The zero-order chi connectivity index (χ0) is 17.6. The van der Waals surface area contributed by atoms with Crippen molar-refractivity contribution in [3.05, 3.63) is 50.2 Å². The highest BCUT2D eigenvalue weighted by Gasteiger charge is 2.41. The Kier molecular flexibility index (Phi) is 4.41. The molecule has 0 spiro atoms. The second kappa shape index (κ2) is 6.57. The van der Waals surface area contributed by atoms with E-state index in [4.69, 9.17) is 16.6 Å². The summed E-state index contributed by atoms with van der Waals surface area (Å²) in [6.45, 7) is 0. The van der Waals surface area contributed by atoms with E-state index in [1.165, 1.54) is 6.07 Å². The first kappa shape index (κ1) is 16.8. The maximum absolute atomic E-state index is 12.7. The van der Waals surface area contributed by atoms with E-state index in [1.54, 1.807) is 17.8 Å². The standard InChI is InChI=1S/C18H17ClN2O3S/c19-11-7-6-10(9-14(11)21(23)24)16-17-12(3-1-5-15(17)22)20-13-4-2-8-25-18(13)16/h6-7,9,16,18H,1-5,8H2. The molecule has 7 heteroatoms. The van der Waals surface area contributed by atoms with Gasteiger partial charge < -0.3 is 0 Å². The number of ketones is 1. The van der Waals surface area contributed by atoms with Crippen LogP contribution in [-0.4, -0.2) is 27.4 Å². The van der Waals surface area contributed by atoms with Crippen molar-refractivity contribution in [2.24, 2.45) is 4.99 Å². The highest BCUT2D eigenvalue weighted by Crippen LogP contribution is 2.47. The number of fused-ring (bicyclic) bond motifs is 1. The van der Waals surface area contributed by atoms with Crippen LogP contribution in [0.3, 0.4) is 0 Å². The van der Waals surface area contributed by atoms with Gasteiger partial charge in [-0.2, -0.15) is 11.8 Å². The van der Waals surface area contributed by atoms with Crippen molar-refractivity contribution in [2.45, 2.75) is 43.3 Å². The number of carbonyl (C=O) groups is 1. The summed E-state index contributed by atoms with van der Waals surface area (Å²) in [5.41, 5.74) is 3.49. The predicted octanol–water partition coefficient (Wildman–Crippen LogP) is 4.69. The molecule has 2 heterocycles. The number of aliphatic imine (C=N–C) groups is 1. The van der Waals surface area contributed by atoms with Crippen LogP contribution in [-0.2, 0) is 4.79 Å². The smallest absolute Gasteiger partial charge is 0.288 e. The molecule has 0 saturated carbocycles. The average Bonchev–Trinajstić information content (AvgIpc) is 2.60. The molecule has 4 rings (SSSR count). The summed E-state index contributed by atoms with van der Waals surface area (Å²) in [5.74, 6) is 1.00. The fourth-order valence-electron chi connectivity index (χ4n) is 3.96. The minimum absolute atomic E-state index is 0.0929. The number of nitro groups is 1. The summed E-state index contributed by atoms with van der Waals surface area (Å²) < 4.78 is 0. The molecule has 3 aliphatic rings. The number of nitrogens with zero attached hydrogens (tertiary/aromatic N) is 2. The minimum atomic E-state index is -0.463. The van der Waals surface area contributed by atoms with Crippen molar-refractivity contribution in [1.29, 1.82) is 0 Å². The average molecular weight is 377 g/mol. The van der Waals surface area contributed by atoms with Crippen molar-refractivity contribution < 1.29 is 9.72 Å². The summed E-state index contributed by atoms with van der Waals surface area (Å²) in [6, 6.07) is 4.93. The van der Waals surface area contributed by atoms with Gasteiger partial charge >= 0.3 is 0 Å². The first-order valence-corrected chi connectivity index (χ1v) is 9.88. The quantitative estimate of drug-likeness (QED) is 0.554. The number of hydrogen-bond acceptors (Lipinski definition) is 5. The van der Waals surface area contributed by atoms with Crippen LogP contribution in [0.2, 0.25) is 5.02 Å². The molecular formula is C18H17ClN2O3S. The molecule has 1 aromatic rings. The van der Waals surface area contributed by atoms with Crippen LogP contribution in [0.25, 0.3) is 0 Å². The predicted molar refractivity (Wildman–Crippen MR) is 99.6 cm³/mol. The Bertz CT molecular complexity index is 834. The van der Waals surface area contributed by atoms with Gasteiger partial charge in [0.05, 0.1) is 10.2 Å². The third kappa shape index (κ3) is 2.91. The zero-order valence-corrected chi connectivity index (χ0v) is 15.1. The molecule has 0 radical (unpaired) electrons. The molecular weight excluding hydrogens is 360 g/mol. The normalized spacial score (nSPS) is 26.0. The van der Waals surface area contributed by atoms with E-state index in [0.29, 0.717) is 6.42 Å². The molecule has 130 valence electrons. The number of carbonyl (C=O) groups excluding carboxylic acids is 1. The maximum Gasteiger partial charge on any atom is 0.288 e. The first-order valence-electron chi connectivity index (χ1n) is 8.45. The van der Waals surface area contributed by atoms with Gasteiger partial charge in [-0.1, -0.05) is 17.7 Å².